The number of morpholine rings is 1. The fraction of sp³-hybridized carbons (Fsp3) is 0.462. The van der Waals surface area contributed by atoms with Crippen LogP contribution in [0.4, 0.5) is 0 Å². The van der Waals surface area contributed by atoms with E-state index in [1.54, 1.807) is 0 Å². The summed E-state index contributed by atoms with van der Waals surface area (Å²) in [6.45, 7) is 1.90. The highest BCUT2D eigenvalue weighted by Gasteiger charge is 2.33. The van der Waals surface area contributed by atoms with Gasteiger partial charge in [0, 0.05) is 24.2 Å². The van der Waals surface area contributed by atoms with Gasteiger partial charge in [0.2, 0.25) is 5.91 Å². The number of rotatable bonds is 4. The molecule has 0 aromatic heterocycles. The van der Waals surface area contributed by atoms with Crippen LogP contribution in [0.15, 0.2) is 24.3 Å². The third-order valence-electron chi connectivity index (χ3n) is 3.36. The quantitative estimate of drug-likeness (QED) is 0.844. The summed E-state index contributed by atoms with van der Waals surface area (Å²) in [5, 5.41) is 0.653. The van der Waals surface area contributed by atoms with Crippen molar-refractivity contribution in [1.82, 2.24) is 4.90 Å². The highest BCUT2D eigenvalue weighted by molar-refractivity contribution is 6.30. The number of ether oxygens (including phenoxy) is 1. The molecule has 1 aromatic rings. The standard InChI is InChI=1S/C13H18ClN3O2/c14-10-3-1-2-9(6-10)11(7-15)17-4-5-19-8-12(17)13(16)18/h1-3,6,11-12H,4-5,7-8,15H2,(H2,16,18). The molecule has 4 N–H and O–H groups in total. The summed E-state index contributed by atoms with van der Waals surface area (Å²) < 4.78 is 5.32. The topological polar surface area (TPSA) is 81.6 Å². The first-order chi connectivity index (χ1) is 9.13. The lowest BCUT2D eigenvalue weighted by atomic mass is 10.0. The van der Waals surface area contributed by atoms with Crippen molar-refractivity contribution in [3.63, 3.8) is 0 Å². The molecule has 0 aliphatic carbocycles. The molecule has 1 aliphatic heterocycles. The zero-order valence-electron chi connectivity index (χ0n) is 10.6. The van der Waals surface area contributed by atoms with Gasteiger partial charge in [-0.25, -0.2) is 0 Å². The van der Waals surface area contributed by atoms with E-state index >= 15 is 0 Å². The van der Waals surface area contributed by atoms with Gasteiger partial charge in [0.1, 0.15) is 6.04 Å². The molecule has 2 atom stereocenters. The number of primary amides is 1. The normalized spacial score (nSPS) is 22.1. The lowest BCUT2D eigenvalue weighted by Crippen LogP contribution is -2.54. The number of nitrogens with zero attached hydrogens (tertiary/aromatic N) is 1. The smallest absolute Gasteiger partial charge is 0.237 e. The maximum atomic E-state index is 11.5. The Kier molecular flexibility index (Phi) is 4.76. The molecule has 104 valence electrons. The Balaban J connectivity index is 2.26. The van der Waals surface area contributed by atoms with Crippen LogP contribution >= 0.6 is 11.6 Å². The van der Waals surface area contributed by atoms with Gasteiger partial charge >= 0.3 is 0 Å². The van der Waals surface area contributed by atoms with Gasteiger partial charge in [0.15, 0.2) is 0 Å². The van der Waals surface area contributed by atoms with E-state index in [1.807, 2.05) is 29.2 Å². The monoisotopic (exact) mass is 283 g/mol. The van der Waals surface area contributed by atoms with Crippen molar-refractivity contribution in [3.8, 4) is 0 Å². The van der Waals surface area contributed by atoms with Crippen LogP contribution in [0, 0.1) is 0 Å². The number of benzene rings is 1. The van der Waals surface area contributed by atoms with Crippen LogP contribution in [0.2, 0.25) is 5.02 Å². The molecule has 19 heavy (non-hydrogen) atoms. The second kappa shape index (κ2) is 6.34. The van der Waals surface area contributed by atoms with E-state index in [9.17, 15) is 4.79 Å². The Hall–Kier alpha value is -1.14. The van der Waals surface area contributed by atoms with E-state index in [0.29, 0.717) is 31.3 Å². The van der Waals surface area contributed by atoms with Gasteiger partial charge in [-0.1, -0.05) is 23.7 Å². The van der Waals surface area contributed by atoms with E-state index < -0.39 is 6.04 Å². The predicted molar refractivity (Wildman–Crippen MR) is 73.8 cm³/mol. The molecule has 2 rings (SSSR count). The molecule has 0 saturated carbocycles. The van der Waals surface area contributed by atoms with Crippen LogP contribution in [0.1, 0.15) is 11.6 Å². The Morgan fingerprint density at radius 2 is 2.37 bits per heavy atom. The minimum absolute atomic E-state index is 0.0832. The van der Waals surface area contributed by atoms with Crippen molar-refractivity contribution in [1.29, 1.82) is 0 Å². The van der Waals surface area contributed by atoms with Gasteiger partial charge in [-0.05, 0) is 17.7 Å². The zero-order valence-corrected chi connectivity index (χ0v) is 11.3. The zero-order chi connectivity index (χ0) is 13.8. The highest BCUT2D eigenvalue weighted by Crippen LogP contribution is 2.25. The summed E-state index contributed by atoms with van der Waals surface area (Å²) >= 11 is 6.01. The van der Waals surface area contributed by atoms with E-state index in [-0.39, 0.29) is 11.9 Å². The number of nitrogens with two attached hydrogens (primary N) is 2. The average molecular weight is 284 g/mol. The Bertz CT molecular complexity index is 455. The molecule has 0 bridgehead atoms. The number of hydrogen-bond acceptors (Lipinski definition) is 4. The lowest BCUT2D eigenvalue weighted by molar-refractivity contribution is -0.131. The minimum Gasteiger partial charge on any atom is -0.378 e. The Morgan fingerprint density at radius 3 is 3.00 bits per heavy atom. The summed E-state index contributed by atoms with van der Waals surface area (Å²) in [5.41, 5.74) is 12.3. The molecule has 5 nitrogen and oxygen atoms in total. The van der Waals surface area contributed by atoms with Gasteiger partial charge in [0.05, 0.1) is 13.2 Å². The first kappa shape index (κ1) is 14.3. The second-order valence-electron chi connectivity index (χ2n) is 4.54. The summed E-state index contributed by atoms with van der Waals surface area (Å²) in [6, 6.07) is 6.98. The largest absolute Gasteiger partial charge is 0.378 e. The summed E-state index contributed by atoms with van der Waals surface area (Å²) in [6.07, 6.45) is 0. The van der Waals surface area contributed by atoms with E-state index in [0.717, 1.165) is 5.56 Å². The van der Waals surface area contributed by atoms with Crippen LogP contribution in [-0.2, 0) is 9.53 Å². The predicted octanol–water partition coefficient (Wildman–Crippen LogP) is 0.526. The molecule has 1 aliphatic rings. The molecular weight excluding hydrogens is 266 g/mol. The maximum Gasteiger partial charge on any atom is 0.237 e. The number of carbonyl (C=O) groups excluding carboxylic acids is 1. The van der Waals surface area contributed by atoms with Crippen LogP contribution < -0.4 is 11.5 Å². The molecule has 1 fully saturated rings. The number of halogens is 1. The lowest BCUT2D eigenvalue weighted by Gasteiger charge is -2.39. The van der Waals surface area contributed by atoms with Crippen molar-refractivity contribution in [2.24, 2.45) is 11.5 Å². The fourth-order valence-corrected chi connectivity index (χ4v) is 2.61. The summed E-state index contributed by atoms with van der Waals surface area (Å²) in [4.78, 5) is 13.5. The summed E-state index contributed by atoms with van der Waals surface area (Å²) in [5.74, 6) is -0.389. The van der Waals surface area contributed by atoms with E-state index in [4.69, 9.17) is 27.8 Å². The van der Waals surface area contributed by atoms with Crippen LogP contribution in [0.25, 0.3) is 0 Å². The first-order valence-electron chi connectivity index (χ1n) is 6.22. The van der Waals surface area contributed by atoms with Crippen LogP contribution in [-0.4, -0.2) is 43.2 Å². The van der Waals surface area contributed by atoms with Crippen molar-refractivity contribution in [2.75, 3.05) is 26.3 Å². The number of amides is 1. The minimum atomic E-state index is -0.443. The van der Waals surface area contributed by atoms with Crippen molar-refractivity contribution in [3.05, 3.63) is 34.9 Å². The fourth-order valence-electron chi connectivity index (χ4n) is 2.41. The molecule has 0 radical (unpaired) electrons. The highest BCUT2D eigenvalue weighted by atomic mass is 35.5. The van der Waals surface area contributed by atoms with Gasteiger partial charge in [-0.15, -0.1) is 0 Å². The molecule has 1 heterocycles. The maximum absolute atomic E-state index is 11.5. The van der Waals surface area contributed by atoms with Crippen molar-refractivity contribution < 1.29 is 9.53 Å². The molecule has 1 amide bonds. The van der Waals surface area contributed by atoms with Crippen molar-refractivity contribution in [2.45, 2.75) is 12.1 Å². The molecule has 1 saturated heterocycles. The first-order valence-corrected chi connectivity index (χ1v) is 6.59. The van der Waals surface area contributed by atoms with E-state index in [2.05, 4.69) is 0 Å². The molecule has 0 spiro atoms. The van der Waals surface area contributed by atoms with Crippen LogP contribution in [0.3, 0.4) is 0 Å². The molecule has 1 aromatic carbocycles. The molecular formula is C13H18ClN3O2. The third kappa shape index (κ3) is 3.25. The number of hydrogen-bond donors (Lipinski definition) is 2. The molecule has 6 heteroatoms. The van der Waals surface area contributed by atoms with Crippen molar-refractivity contribution >= 4 is 17.5 Å². The average Bonchev–Trinajstić information content (AvgIpc) is 2.40. The third-order valence-corrected chi connectivity index (χ3v) is 3.59. The van der Waals surface area contributed by atoms with Gasteiger partial charge in [-0.3, -0.25) is 9.69 Å². The Labute approximate surface area is 117 Å². The van der Waals surface area contributed by atoms with Gasteiger partial charge in [0.25, 0.3) is 0 Å². The van der Waals surface area contributed by atoms with Crippen LogP contribution in [0.5, 0.6) is 0 Å². The second-order valence-corrected chi connectivity index (χ2v) is 4.97. The van der Waals surface area contributed by atoms with Gasteiger partial charge < -0.3 is 16.2 Å². The Morgan fingerprint density at radius 1 is 1.58 bits per heavy atom. The SMILES string of the molecule is NCC(c1cccc(Cl)c1)N1CCOCC1C(N)=O. The molecule has 2 unspecified atom stereocenters. The van der Waals surface area contributed by atoms with Gasteiger partial charge in [-0.2, -0.15) is 0 Å². The number of carbonyl (C=O) groups is 1. The van der Waals surface area contributed by atoms with E-state index in [1.165, 1.54) is 0 Å². The summed E-state index contributed by atoms with van der Waals surface area (Å²) in [7, 11) is 0.